The second-order valence-corrected chi connectivity index (χ2v) is 9.98. The molecule has 33 heavy (non-hydrogen) atoms. The van der Waals surface area contributed by atoms with Gasteiger partial charge in [0, 0.05) is 17.5 Å². The van der Waals surface area contributed by atoms with E-state index in [9.17, 15) is 19.7 Å². The molecule has 0 bridgehead atoms. The van der Waals surface area contributed by atoms with Crippen molar-refractivity contribution >= 4 is 29.0 Å². The van der Waals surface area contributed by atoms with E-state index in [1.165, 1.54) is 23.5 Å². The lowest BCUT2D eigenvalue weighted by molar-refractivity contribution is -0.384. The summed E-state index contributed by atoms with van der Waals surface area (Å²) in [6.07, 6.45) is 0.507. The molecule has 180 valence electrons. The number of nitro benzene ring substituents is 1. The molecule has 2 N–H and O–H groups in total. The van der Waals surface area contributed by atoms with Gasteiger partial charge in [0.2, 0.25) is 5.91 Å². The Balaban J connectivity index is 2.23. The molecule has 10 heteroatoms. The quantitative estimate of drug-likeness (QED) is 0.404. The lowest BCUT2D eigenvalue weighted by atomic mass is 10.0. The van der Waals surface area contributed by atoms with Gasteiger partial charge in [0.15, 0.2) is 0 Å². The summed E-state index contributed by atoms with van der Waals surface area (Å²) in [7, 11) is 0. The lowest BCUT2D eigenvalue weighted by Crippen LogP contribution is -2.51. The Morgan fingerprint density at radius 2 is 1.82 bits per heavy atom. The first-order valence-corrected chi connectivity index (χ1v) is 11.7. The highest BCUT2D eigenvalue weighted by molar-refractivity contribution is 7.09. The van der Waals surface area contributed by atoms with Gasteiger partial charge in [-0.2, -0.15) is 0 Å². The van der Waals surface area contributed by atoms with Crippen LogP contribution in [0.2, 0.25) is 0 Å². The van der Waals surface area contributed by atoms with Crippen LogP contribution in [0, 0.1) is 16.0 Å². The first-order valence-electron chi connectivity index (χ1n) is 10.9. The van der Waals surface area contributed by atoms with E-state index in [1.54, 1.807) is 32.9 Å². The Bertz CT molecular complexity index is 966. The normalized spacial score (nSPS) is 13.3. The van der Waals surface area contributed by atoms with Gasteiger partial charge in [0.25, 0.3) is 5.69 Å². The molecular formula is C23H32N4O5S. The molecule has 0 saturated heterocycles. The minimum atomic E-state index is -0.801. The fraction of sp³-hybridized carbons (Fsp3) is 0.522. The number of amides is 2. The molecule has 2 aromatic rings. The molecule has 1 aromatic carbocycles. The van der Waals surface area contributed by atoms with Gasteiger partial charge in [-0.05, 0) is 45.1 Å². The fourth-order valence-corrected chi connectivity index (χ4v) is 4.02. The highest BCUT2D eigenvalue weighted by Gasteiger charge is 2.29. The maximum atomic E-state index is 13.2. The second kappa shape index (κ2) is 11.2. The number of hydrogen-bond donors (Lipinski definition) is 2. The number of benzene rings is 1. The van der Waals surface area contributed by atoms with E-state index in [0.717, 1.165) is 22.7 Å². The molecule has 0 spiro atoms. The van der Waals surface area contributed by atoms with Gasteiger partial charge >= 0.3 is 6.09 Å². The van der Waals surface area contributed by atoms with Crippen molar-refractivity contribution in [2.75, 3.05) is 0 Å². The molecule has 9 nitrogen and oxygen atoms in total. The van der Waals surface area contributed by atoms with E-state index in [4.69, 9.17) is 4.74 Å². The standard InChI is InChI=1S/C23H32N4O5S/c1-7-16-13-33-21(24-16)18(12-15-8-10-17(11-9-15)27(30)31)25-20(28)19(14(2)3)26-22(29)32-23(4,5)6/h8-11,13-14,18-19H,7,12H2,1-6H3,(H,25,28)(H,26,29)/t18-,19?/m0/s1. The highest BCUT2D eigenvalue weighted by Crippen LogP contribution is 2.24. The van der Waals surface area contributed by atoms with E-state index in [2.05, 4.69) is 15.6 Å². The van der Waals surface area contributed by atoms with Gasteiger partial charge in [-0.25, -0.2) is 9.78 Å². The third-order valence-electron chi connectivity index (χ3n) is 4.75. The van der Waals surface area contributed by atoms with Crippen molar-refractivity contribution < 1.29 is 19.2 Å². The summed E-state index contributed by atoms with van der Waals surface area (Å²) in [6, 6.07) is 4.97. The summed E-state index contributed by atoms with van der Waals surface area (Å²) in [5.41, 5.74) is 1.06. The van der Waals surface area contributed by atoms with Gasteiger partial charge in [-0.3, -0.25) is 14.9 Å². The van der Waals surface area contributed by atoms with Crippen LogP contribution in [0.5, 0.6) is 0 Å². The number of rotatable bonds is 9. The summed E-state index contributed by atoms with van der Waals surface area (Å²) < 4.78 is 5.31. The zero-order valence-corrected chi connectivity index (χ0v) is 20.7. The predicted molar refractivity (Wildman–Crippen MR) is 127 cm³/mol. The molecule has 2 amide bonds. The molecule has 0 radical (unpaired) electrons. The monoisotopic (exact) mass is 476 g/mol. The number of aromatic nitrogens is 1. The second-order valence-electron chi connectivity index (χ2n) is 9.09. The maximum absolute atomic E-state index is 13.2. The number of nitrogens with zero attached hydrogens (tertiary/aromatic N) is 2. The van der Waals surface area contributed by atoms with E-state index in [1.807, 2.05) is 26.2 Å². The van der Waals surface area contributed by atoms with Crippen molar-refractivity contribution in [2.24, 2.45) is 5.92 Å². The Kier molecular flexibility index (Phi) is 8.92. The number of alkyl carbamates (subject to hydrolysis) is 1. The van der Waals surface area contributed by atoms with Crippen LogP contribution in [-0.2, 0) is 22.4 Å². The summed E-state index contributed by atoms with van der Waals surface area (Å²) >= 11 is 1.45. The van der Waals surface area contributed by atoms with Crippen LogP contribution in [-0.4, -0.2) is 33.6 Å². The van der Waals surface area contributed by atoms with E-state index >= 15 is 0 Å². The SMILES string of the molecule is CCc1csc([C@H](Cc2ccc([N+](=O)[O-])cc2)NC(=O)C(NC(=O)OC(C)(C)C)C(C)C)n1. The zero-order valence-electron chi connectivity index (χ0n) is 19.9. The van der Waals surface area contributed by atoms with Crippen LogP contribution >= 0.6 is 11.3 Å². The van der Waals surface area contributed by atoms with Crippen molar-refractivity contribution in [1.29, 1.82) is 0 Å². The molecule has 0 fully saturated rings. The van der Waals surface area contributed by atoms with Crippen LogP contribution in [0.3, 0.4) is 0 Å². The van der Waals surface area contributed by atoms with Crippen LogP contribution in [0.15, 0.2) is 29.6 Å². The van der Waals surface area contributed by atoms with Gasteiger partial charge < -0.3 is 15.4 Å². The Morgan fingerprint density at radius 1 is 1.18 bits per heavy atom. The summed E-state index contributed by atoms with van der Waals surface area (Å²) in [6.45, 7) is 10.9. The third-order valence-corrected chi connectivity index (χ3v) is 5.76. The molecule has 0 saturated carbocycles. The van der Waals surface area contributed by atoms with Crippen molar-refractivity contribution in [3.63, 3.8) is 0 Å². The zero-order chi connectivity index (χ0) is 24.8. The predicted octanol–water partition coefficient (Wildman–Crippen LogP) is 4.56. The van der Waals surface area contributed by atoms with Crippen LogP contribution in [0.25, 0.3) is 0 Å². The molecule has 0 aliphatic rings. The molecule has 0 aliphatic heterocycles. The van der Waals surface area contributed by atoms with Gasteiger partial charge in [0.05, 0.1) is 16.7 Å². The molecule has 2 atom stereocenters. The molecular weight excluding hydrogens is 444 g/mol. The van der Waals surface area contributed by atoms with Gasteiger partial charge in [0.1, 0.15) is 16.7 Å². The maximum Gasteiger partial charge on any atom is 0.408 e. The number of carbonyl (C=O) groups is 2. The Morgan fingerprint density at radius 3 is 2.30 bits per heavy atom. The summed E-state index contributed by atoms with van der Waals surface area (Å²) in [5, 5.41) is 19.3. The molecule has 0 aliphatic carbocycles. The number of nitro groups is 1. The van der Waals surface area contributed by atoms with Crippen LogP contribution in [0.1, 0.15) is 63.8 Å². The number of hydrogen-bond acceptors (Lipinski definition) is 7. The number of carbonyl (C=O) groups excluding carboxylic acids is 2. The number of non-ortho nitro benzene ring substituents is 1. The van der Waals surface area contributed by atoms with Crippen molar-refractivity contribution in [2.45, 2.75) is 72.1 Å². The lowest BCUT2D eigenvalue weighted by Gasteiger charge is -2.27. The third kappa shape index (κ3) is 8.12. The van der Waals surface area contributed by atoms with E-state index < -0.39 is 28.7 Å². The van der Waals surface area contributed by atoms with Crippen LogP contribution < -0.4 is 10.6 Å². The Labute approximate surface area is 198 Å². The highest BCUT2D eigenvalue weighted by atomic mass is 32.1. The van der Waals surface area contributed by atoms with Crippen molar-refractivity contribution in [3.8, 4) is 0 Å². The fourth-order valence-electron chi connectivity index (χ4n) is 3.07. The Hall–Kier alpha value is -3.01. The molecule has 2 rings (SSSR count). The number of ether oxygens (including phenoxy) is 1. The molecule has 1 aromatic heterocycles. The number of nitrogens with one attached hydrogen (secondary N) is 2. The van der Waals surface area contributed by atoms with Crippen LogP contribution in [0.4, 0.5) is 10.5 Å². The minimum Gasteiger partial charge on any atom is -0.444 e. The average molecular weight is 477 g/mol. The van der Waals surface area contributed by atoms with Crippen molar-refractivity contribution in [3.05, 3.63) is 56.0 Å². The molecule has 1 unspecified atom stereocenters. The van der Waals surface area contributed by atoms with Crippen molar-refractivity contribution in [1.82, 2.24) is 15.6 Å². The van der Waals surface area contributed by atoms with Gasteiger partial charge in [-0.1, -0.05) is 32.9 Å². The smallest absolute Gasteiger partial charge is 0.408 e. The molecule has 1 heterocycles. The first-order chi connectivity index (χ1) is 15.4. The first kappa shape index (κ1) is 26.2. The van der Waals surface area contributed by atoms with E-state index in [0.29, 0.717) is 6.42 Å². The number of aryl methyl sites for hydroxylation is 1. The summed E-state index contributed by atoms with van der Waals surface area (Å²) in [5.74, 6) is -0.531. The largest absolute Gasteiger partial charge is 0.444 e. The average Bonchev–Trinajstić information content (AvgIpc) is 3.19. The van der Waals surface area contributed by atoms with Gasteiger partial charge in [-0.15, -0.1) is 11.3 Å². The number of thiazole rings is 1. The minimum absolute atomic E-state index is 0.00304. The summed E-state index contributed by atoms with van der Waals surface area (Å²) in [4.78, 5) is 40.6. The topological polar surface area (TPSA) is 123 Å². The van der Waals surface area contributed by atoms with E-state index in [-0.39, 0.29) is 17.5 Å².